The number of sulfonamides is 1. The van der Waals surface area contributed by atoms with Crippen molar-refractivity contribution in [3.8, 4) is 0 Å². The highest BCUT2D eigenvalue weighted by atomic mass is 35.5. The molecule has 2 aromatic heterocycles. The number of thiophene rings is 1. The second kappa shape index (κ2) is 8.68. The molecule has 0 aliphatic carbocycles. The first-order valence-electron chi connectivity index (χ1n) is 9.23. The van der Waals surface area contributed by atoms with Crippen LogP contribution in [0.3, 0.4) is 0 Å². The topological polar surface area (TPSA) is 70.6 Å². The number of likely N-dealkylation sites (N-methyl/N-ethyl adjacent to an activating group) is 1. The molecular formula is C21H18ClN3O3S3. The fourth-order valence-electron chi connectivity index (χ4n) is 3.05. The lowest BCUT2D eigenvalue weighted by Gasteiger charge is -2.24. The van der Waals surface area contributed by atoms with Gasteiger partial charge in [0.25, 0.3) is 10.0 Å². The molecule has 160 valence electrons. The lowest BCUT2D eigenvalue weighted by molar-refractivity contribution is -0.117. The van der Waals surface area contributed by atoms with Gasteiger partial charge in [0, 0.05) is 7.05 Å². The molecule has 0 fully saturated rings. The van der Waals surface area contributed by atoms with Crippen molar-refractivity contribution < 1.29 is 13.2 Å². The molecule has 0 spiro atoms. The molecule has 0 radical (unpaired) electrons. The van der Waals surface area contributed by atoms with Gasteiger partial charge in [0.2, 0.25) is 5.91 Å². The molecule has 4 rings (SSSR count). The summed E-state index contributed by atoms with van der Waals surface area (Å²) in [5.74, 6) is -0.401. The van der Waals surface area contributed by atoms with E-state index in [2.05, 4.69) is 4.98 Å². The van der Waals surface area contributed by atoms with Gasteiger partial charge in [-0.25, -0.2) is 13.4 Å². The molecule has 1 amide bonds. The number of amides is 1. The van der Waals surface area contributed by atoms with Crippen LogP contribution in [0.25, 0.3) is 10.2 Å². The van der Waals surface area contributed by atoms with E-state index >= 15 is 0 Å². The van der Waals surface area contributed by atoms with Gasteiger partial charge in [-0.3, -0.25) is 9.69 Å². The average Bonchev–Trinajstić information content (AvgIpc) is 3.36. The zero-order valence-electron chi connectivity index (χ0n) is 16.6. The van der Waals surface area contributed by atoms with Crippen LogP contribution in [0.2, 0.25) is 4.34 Å². The maximum absolute atomic E-state index is 13.4. The van der Waals surface area contributed by atoms with Gasteiger partial charge in [-0.15, -0.1) is 11.3 Å². The number of carbonyl (C=O) groups excluding carboxylic acids is 1. The van der Waals surface area contributed by atoms with Crippen molar-refractivity contribution in [1.82, 2.24) is 9.29 Å². The van der Waals surface area contributed by atoms with E-state index in [1.807, 2.05) is 55.5 Å². The lowest BCUT2D eigenvalue weighted by atomic mass is 10.2. The van der Waals surface area contributed by atoms with E-state index in [9.17, 15) is 13.2 Å². The van der Waals surface area contributed by atoms with Crippen LogP contribution in [0.15, 0.2) is 64.9 Å². The van der Waals surface area contributed by atoms with Crippen molar-refractivity contribution in [2.75, 3.05) is 18.5 Å². The van der Waals surface area contributed by atoms with Gasteiger partial charge in [-0.2, -0.15) is 4.31 Å². The second-order valence-corrected chi connectivity index (χ2v) is 11.8. The Bertz CT molecular complexity index is 1330. The van der Waals surface area contributed by atoms with Crippen LogP contribution < -0.4 is 4.90 Å². The van der Waals surface area contributed by atoms with E-state index in [1.165, 1.54) is 35.4 Å². The Kier molecular flexibility index (Phi) is 6.14. The summed E-state index contributed by atoms with van der Waals surface area (Å²) in [5, 5.41) is 0.491. The maximum Gasteiger partial charge on any atom is 0.252 e. The standard InChI is InChI=1S/C21H18ClN3O3S3/c1-14-7-3-5-9-16(14)25(21-23-15-8-4-6-10-17(15)29-21)19(26)13-24(2)31(27,28)20-12-11-18(22)30-20/h3-12H,13H2,1-2H3. The third-order valence-corrected chi connectivity index (χ3v) is 9.17. The Labute approximate surface area is 193 Å². The van der Waals surface area contributed by atoms with Crippen LogP contribution in [-0.2, 0) is 14.8 Å². The zero-order chi connectivity index (χ0) is 22.2. The summed E-state index contributed by atoms with van der Waals surface area (Å²) in [7, 11) is -2.46. The Balaban J connectivity index is 1.71. The monoisotopic (exact) mass is 491 g/mol. The number of hydrogen-bond acceptors (Lipinski definition) is 6. The molecule has 6 nitrogen and oxygen atoms in total. The van der Waals surface area contributed by atoms with Crippen molar-refractivity contribution in [3.05, 3.63) is 70.6 Å². The quantitative estimate of drug-likeness (QED) is 0.366. The minimum absolute atomic E-state index is 0.0928. The molecule has 2 heterocycles. The predicted octanol–water partition coefficient (Wildman–Crippen LogP) is 5.31. The maximum atomic E-state index is 13.4. The number of aromatic nitrogens is 1. The smallest absolute Gasteiger partial charge is 0.252 e. The van der Waals surface area contributed by atoms with Crippen molar-refractivity contribution in [2.45, 2.75) is 11.1 Å². The normalized spacial score (nSPS) is 11.9. The number of halogens is 1. The number of hydrogen-bond donors (Lipinski definition) is 0. The van der Waals surface area contributed by atoms with Gasteiger partial charge in [0.05, 0.1) is 26.8 Å². The molecule has 0 saturated heterocycles. The highest BCUT2D eigenvalue weighted by Gasteiger charge is 2.29. The van der Waals surface area contributed by atoms with E-state index < -0.39 is 15.9 Å². The van der Waals surface area contributed by atoms with E-state index in [-0.39, 0.29) is 10.8 Å². The van der Waals surface area contributed by atoms with E-state index in [0.717, 1.165) is 31.4 Å². The van der Waals surface area contributed by atoms with E-state index in [1.54, 1.807) is 0 Å². The molecule has 0 atom stereocenters. The number of carbonyl (C=O) groups is 1. The van der Waals surface area contributed by atoms with Gasteiger partial charge >= 0.3 is 0 Å². The molecule has 31 heavy (non-hydrogen) atoms. The van der Waals surface area contributed by atoms with Gasteiger partial charge in [-0.05, 0) is 42.8 Å². The molecule has 0 N–H and O–H groups in total. The van der Waals surface area contributed by atoms with Crippen LogP contribution in [0, 0.1) is 6.92 Å². The van der Waals surface area contributed by atoms with Gasteiger partial charge in [0.15, 0.2) is 5.13 Å². The highest BCUT2D eigenvalue weighted by molar-refractivity contribution is 7.91. The van der Waals surface area contributed by atoms with Gasteiger partial charge in [0.1, 0.15) is 4.21 Å². The summed E-state index contributed by atoms with van der Waals surface area (Å²) in [4.78, 5) is 19.5. The van der Waals surface area contributed by atoms with Gasteiger partial charge < -0.3 is 0 Å². The van der Waals surface area contributed by atoms with Crippen LogP contribution in [0.5, 0.6) is 0 Å². The minimum atomic E-state index is -3.84. The Morgan fingerprint density at radius 3 is 2.42 bits per heavy atom. The van der Waals surface area contributed by atoms with Crippen molar-refractivity contribution in [1.29, 1.82) is 0 Å². The number of benzene rings is 2. The predicted molar refractivity (Wildman–Crippen MR) is 127 cm³/mol. The van der Waals surface area contributed by atoms with E-state index in [4.69, 9.17) is 11.6 Å². The third-order valence-electron chi connectivity index (χ3n) is 4.65. The Morgan fingerprint density at radius 1 is 1.03 bits per heavy atom. The number of nitrogens with zero attached hydrogens (tertiary/aromatic N) is 3. The van der Waals surface area contributed by atoms with Crippen LogP contribution in [0.1, 0.15) is 5.56 Å². The molecule has 0 unspecified atom stereocenters. The molecule has 0 saturated carbocycles. The number of anilines is 2. The SMILES string of the molecule is Cc1ccccc1N(C(=O)CN(C)S(=O)(=O)c1ccc(Cl)s1)c1nc2ccccc2s1. The Morgan fingerprint density at radius 2 is 1.74 bits per heavy atom. The molecule has 4 aromatic rings. The van der Waals surface area contributed by atoms with Crippen molar-refractivity contribution in [3.63, 3.8) is 0 Å². The fourth-order valence-corrected chi connectivity index (χ4v) is 6.86. The summed E-state index contributed by atoms with van der Waals surface area (Å²) in [6.45, 7) is 1.55. The third kappa shape index (κ3) is 4.37. The molecule has 0 aliphatic heterocycles. The number of thiazole rings is 1. The van der Waals surface area contributed by atoms with Crippen LogP contribution >= 0.6 is 34.3 Å². The van der Waals surface area contributed by atoms with Gasteiger partial charge in [-0.1, -0.05) is 53.3 Å². The first-order valence-corrected chi connectivity index (χ1v) is 12.7. The van der Waals surface area contributed by atoms with E-state index in [0.29, 0.717) is 15.2 Å². The van der Waals surface area contributed by atoms with Crippen molar-refractivity contribution >= 4 is 71.2 Å². The molecule has 0 aliphatic rings. The Hall–Kier alpha value is -2.30. The number of rotatable bonds is 6. The zero-order valence-corrected chi connectivity index (χ0v) is 19.9. The summed E-state index contributed by atoms with van der Waals surface area (Å²) in [6, 6.07) is 18.0. The first kappa shape index (κ1) is 21.9. The highest BCUT2D eigenvalue weighted by Crippen LogP contribution is 2.35. The number of aryl methyl sites for hydroxylation is 1. The first-order chi connectivity index (χ1) is 14.8. The van der Waals surface area contributed by atoms with Crippen LogP contribution in [0.4, 0.5) is 10.8 Å². The van der Waals surface area contributed by atoms with Crippen molar-refractivity contribution in [2.24, 2.45) is 0 Å². The summed E-state index contributed by atoms with van der Waals surface area (Å²) in [6.07, 6.45) is 0. The lowest BCUT2D eigenvalue weighted by Crippen LogP contribution is -2.39. The molecule has 2 aromatic carbocycles. The molecule has 10 heteroatoms. The summed E-state index contributed by atoms with van der Waals surface area (Å²) >= 11 is 8.24. The summed E-state index contributed by atoms with van der Waals surface area (Å²) < 4.78 is 28.2. The average molecular weight is 492 g/mol. The fraction of sp³-hybridized carbons (Fsp3) is 0.143. The summed E-state index contributed by atoms with van der Waals surface area (Å²) in [5.41, 5.74) is 2.32. The number of fused-ring (bicyclic) bond motifs is 1. The largest absolute Gasteiger partial charge is 0.272 e. The second-order valence-electron chi connectivity index (χ2n) is 6.80. The molecule has 0 bridgehead atoms. The molecular weight excluding hydrogens is 474 g/mol. The minimum Gasteiger partial charge on any atom is -0.272 e. The number of para-hydroxylation sites is 2. The van der Waals surface area contributed by atoms with Crippen LogP contribution in [-0.4, -0.2) is 37.2 Å².